The summed E-state index contributed by atoms with van der Waals surface area (Å²) >= 11 is 0. The first-order valence-electron chi connectivity index (χ1n) is 5.79. The lowest BCUT2D eigenvalue weighted by molar-refractivity contribution is -0.128. The molecule has 2 heteroatoms. The number of benzene rings is 1. The van der Waals surface area contributed by atoms with Gasteiger partial charge in [-0.2, -0.15) is 0 Å². The van der Waals surface area contributed by atoms with Gasteiger partial charge in [0.05, 0.1) is 12.7 Å². The number of rotatable bonds is 1. The first-order chi connectivity index (χ1) is 7.58. The van der Waals surface area contributed by atoms with E-state index in [0.717, 1.165) is 0 Å². The zero-order valence-corrected chi connectivity index (χ0v) is 10.2. The minimum absolute atomic E-state index is 0.0261. The predicted octanol–water partition coefficient (Wildman–Crippen LogP) is 3.03. The number of ketones is 1. The Morgan fingerprint density at radius 2 is 1.81 bits per heavy atom. The van der Waals surface area contributed by atoms with Crippen LogP contribution in [0.4, 0.5) is 0 Å². The number of Topliss-reactive ketones (excluding diaryl/α,β-unsaturated/α-hetero) is 1. The molecule has 0 aliphatic carbocycles. The van der Waals surface area contributed by atoms with Crippen molar-refractivity contribution in [2.45, 2.75) is 39.7 Å². The summed E-state index contributed by atoms with van der Waals surface area (Å²) in [5.74, 6) is 0.315. The van der Waals surface area contributed by atoms with E-state index in [1.54, 1.807) is 0 Å². The standard InChI is InChI=1S/C14H18O2/c1-9-6-10(2)14(11(3)7-9)13-8-12(15)4-5-16-13/h6-7,13H,4-5,8H2,1-3H3. The number of carbonyl (C=O) groups is 1. The molecule has 2 nitrogen and oxygen atoms in total. The van der Waals surface area contributed by atoms with Gasteiger partial charge < -0.3 is 4.74 Å². The van der Waals surface area contributed by atoms with Gasteiger partial charge in [0, 0.05) is 12.8 Å². The first-order valence-corrected chi connectivity index (χ1v) is 5.79. The molecule has 1 saturated heterocycles. The third-order valence-electron chi connectivity index (χ3n) is 3.17. The van der Waals surface area contributed by atoms with Crippen molar-refractivity contribution >= 4 is 5.78 Å². The quantitative estimate of drug-likeness (QED) is 0.724. The van der Waals surface area contributed by atoms with Gasteiger partial charge in [0.1, 0.15) is 5.78 Å². The summed E-state index contributed by atoms with van der Waals surface area (Å²) in [7, 11) is 0. The normalized spacial score (nSPS) is 21.2. The van der Waals surface area contributed by atoms with Gasteiger partial charge in [-0.05, 0) is 37.5 Å². The van der Waals surface area contributed by atoms with Crippen LogP contribution < -0.4 is 0 Å². The van der Waals surface area contributed by atoms with Crippen molar-refractivity contribution in [3.63, 3.8) is 0 Å². The molecule has 1 aliphatic rings. The summed E-state index contributed by atoms with van der Waals surface area (Å²) in [5.41, 5.74) is 4.94. The number of ether oxygens (including phenoxy) is 1. The van der Waals surface area contributed by atoms with E-state index in [-0.39, 0.29) is 6.10 Å². The second-order valence-electron chi connectivity index (χ2n) is 4.66. The Balaban J connectivity index is 2.35. The topological polar surface area (TPSA) is 26.3 Å². The van der Waals surface area contributed by atoms with E-state index in [2.05, 4.69) is 32.9 Å². The van der Waals surface area contributed by atoms with Crippen LogP contribution in [0.5, 0.6) is 0 Å². The smallest absolute Gasteiger partial charge is 0.138 e. The molecular formula is C14H18O2. The highest BCUT2D eigenvalue weighted by molar-refractivity contribution is 5.79. The van der Waals surface area contributed by atoms with Gasteiger partial charge in [-0.15, -0.1) is 0 Å². The third-order valence-corrected chi connectivity index (χ3v) is 3.17. The average molecular weight is 218 g/mol. The molecule has 0 saturated carbocycles. The van der Waals surface area contributed by atoms with Gasteiger partial charge in [0.2, 0.25) is 0 Å². The molecule has 1 aliphatic heterocycles. The molecule has 1 atom stereocenters. The molecule has 1 unspecified atom stereocenters. The monoisotopic (exact) mass is 218 g/mol. The highest BCUT2D eigenvalue weighted by Gasteiger charge is 2.24. The molecule has 1 fully saturated rings. The lowest BCUT2D eigenvalue weighted by Crippen LogP contribution is -2.20. The number of hydrogen-bond acceptors (Lipinski definition) is 2. The summed E-state index contributed by atoms with van der Waals surface area (Å²) < 4.78 is 5.72. The highest BCUT2D eigenvalue weighted by Crippen LogP contribution is 2.31. The number of hydrogen-bond donors (Lipinski definition) is 0. The molecule has 86 valence electrons. The van der Waals surface area contributed by atoms with E-state index in [4.69, 9.17) is 4.74 Å². The lowest BCUT2D eigenvalue weighted by Gasteiger charge is -2.25. The fourth-order valence-corrected chi connectivity index (χ4v) is 2.57. The van der Waals surface area contributed by atoms with Gasteiger partial charge in [0.25, 0.3) is 0 Å². The minimum atomic E-state index is -0.0261. The van der Waals surface area contributed by atoms with Crippen LogP contribution in [0.2, 0.25) is 0 Å². The van der Waals surface area contributed by atoms with Crippen LogP contribution >= 0.6 is 0 Å². The van der Waals surface area contributed by atoms with Crippen molar-refractivity contribution in [3.05, 3.63) is 34.4 Å². The van der Waals surface area contributed by atoms with Crippen LogP contribution in [-0.4, -0.2) is 12.4 Å². The fourth-order valence-electron chi connectivity index (χ4n) is 2.57. The Labute approximate surface area is 96.6 Å². The van der Waals surface area contributed by atoms with E-state index >= 15 is 0 Å². The summed E-state index contributed by atoms with van der Waals surface area (Å²) in [6.07, 6.45) is 1.08. The summed E-state index contributed by atoms with van der Waals surface area (Å²) in [6.45, 7) is 6.85. The van der Waals surface area contributed by atoms with E-state index in [1.165, 1.54) is 22.3 Å². The molecule has 0 aromatic heterocycles. The molecule has 1 aromatic carbocycles. The van der Waals surface area contributed by atoms with Crippen molar-refractivity contribution in [2.24, 2.45) is 0 Å². The molecule has 2 rings (SSSR count). The maximum atomic E-state index is 11.5. The molecular weight excluding hydrogens is 200 g/mol. The van der Waals surface area contributed by atoms with Gasteiger partial charge in [-0.1, -0.05) is 17.7 Å². The Morgan fingerprint density at radius 1 is 1.19 bits per heavy atom. The van der Waals surface area contributed by atoms with E-state index < -0.39 is 0 Å². The number of aryl methyl sites for hydroxylation is 3. The van der Waals surface area contributed by atoms with Gasteiger partial charge in [-0.3, -0.25) is 4.79 Å². The Hall–Kier alpha value is -1.15. The fraction of sp³-hybridized carbons (Fsp3) is 0.500. The van der Waals surface area contributed by atoms with E-state index in [1.807, 2.05) is 0 Å². The summed E-state index contributed by atoms with van der Waals surface area (Å²) in [4.78, 5) is 11.5. The first kappa shape index (κ1) is 11.3. The van der Waals surface area contributed by atoms with Crippen molar-refractivity contribution < 1.29 is 9.53 Å². The lowest BCUT2D eigenvalue weighted by atomic mass is 9.91. The molecule has 0 spiro atoms. The SMILES string of the molecule is Cc1cc(C)c(C2CC(=O)CCO2)c(C)c1. The Bertz CT molecular complexity index is 398. The second kappa shape index (κ2) is 4.38. The largest absolute Gasteiger partial charge is 0.373 e. The maximum absolute atomic E-state index is 11.5. The van der Waals surface area contributed by atoms with Crippen LogP contribution in [0, 0.1) is 20.8 Å². The zero-order valence-electron chi connectivity index (χ0n) is 10.2. The zero-order chi connectivity index (χ0) is 11.7. The van der Waals surface area contributed by atoms with Crippen LogP contribution in [0.15, 0.2) is 12.1 Å². The molecule has 16 heavy (non-hydrogen) atoms. The highest BCUT2D eigenvalue weighted by atomic mass is 16.5. The molecule has 1 aromatic rings. The van der Waals surface area contributed by atoms with Gasteiger partial charge in [-0.25, -0.2) is 0 Å². The molecule has 0 bridgehead atoms. The minimum Gasteiger partial charge on any atom is -0.373 e. The van der Waals surface area contributed by atoms with Crippen LogP contribution in [0.3, 0.4) is 0 Å². The predicted molar refractivity (Wildman–Crippen MR) is 63.6 cm³/mol. The van der Waals surface area contributed by atoms with Crippen molar-refractivity contribution in [3.8, 4) is 0 Å². The van der Waals surface area contributed by atoms with Gasteiger partial charge in [0.15, 0.2) is 0 Å². The number of carbonyl (C=O) groups excluding carboxylic acids is 1. The van der Waals surface area contributed by atoms with Crippen LogP contribution in [0.1, 0.15) is 41.2 Å². The van der Waals surface area contributed by atoms with E-state index in [9.17, 15) is 4.79 Å². The molecule has 0 radical (unpaired) electrons. The van der Waals surface area contributed by atoms with E-state index in [0.29, 0.717) is 25.2 Å². The summed E-state index contributed by atoms with van der Waals surface area (Å²) in [6, 6.07) is 4.32. The van der Waals surface area contributed by atoms with Gasteiger partial charge >= 0.3 is 0 Å². The van der Waals surface area contributed by atoms with Crippen molar-refractivity contribution in [1.82, 2.24) is 0 Å². The van der Waals surface area contributed by atoms with Crippen molar-refractivity contribution in [1.29, 1.82) is 0 Å². The van der Waals surface area contributed by atoms with Crippen molar-refractivity contribution in [2.75, 3.05) is 6.61 Å². The summed E-state index contributed by atoms with van der Waals surface area (Å²) in [5, 5.41) is 0. The van der Waals surface area contributed by atoms with Crippen LogP contribution in [-0.2, 0) is 9.53 Å². The Kier molecular flexibility index (Phi) is 3.10. The molecule has 1 heterocycles. The Morgan fingerprint density at radius 3 is 2.38 bits per heavy atom. The molecule has 0 N–H and O–H groups in total. The maximum Gasteiger partial charge on any atom is 0.138 e. The molecule has 0 amide bonds. The average Bonchev–Trinajstić information content (AvgIpc) is 2.15. The van der Waals surface area contributed by atoms with Crippen LogP contribution in [0.25, 0.3) is 0 Å². The second-order valence-corrected chi connectivity index (χ2v) is 4.66. The third kappa shape index (κ3) is 2.17.